The predicted octanol–water partition coefficient (Wildman–Crippen LogP) is 4.37. The smallest absolute Gasteiger partial charge is 0.308 e. The Bertz CT molecular complexity index is 1170. The molecule has 1 saturated heterocycles. The van der Waals surface area contributed by atoms with Crippen LogP contribution in [-0.2, 0) is 19.7 Å². The van der Waals surface area contributed by atoms with Crippen LogP contribution in [0.5, 0.6) is 5.75 Å². The molecule has 3 atom stereocenters. The van der Waals surface area contributed by atoms with Crippen LogP contribution in [0.2, 0.25) is 0 Å². The number of carbonyl (C=O) groups excluding carboxylic acids is 3. The number of hydrogen-bond donors (Lipinski definition) is 0. The highest BCUT2D eigenvalue weighted by Crippen LogP contribution is 2.54. The number of esters is 2. The second kappa shape index (κ2) is 10.9. The topological polar surface area (TPSA) is 76.2 Å². The zero-order valence-electron chi connectivity index (χ0n) is 21.9. The Morgan fingerprint density at radius 2 is 1.84 bits per heavy atom. The zero-order chi connectivity index (χ0) is 26.6. The molecule has 1 heterocycles. The van der Waals surface area contributed by atoms with Crippen LogP contribution in [-0.4, -0.2) is 66.0 Å². The molecular formula is C30H36N2O5. The van der Waals surface area contributed by atoms with E-state index in [0.717, 1.165) is 18.5 Å². The maximum Gasteiger partial charge on any atom is 0.308 e. The van der Waals surface area contributed by atoms with Crippen molar-refractivity contribution in [3.63, 3.8) is 0 Å². The van der Waals surface area contributed by atoms with Crippen molar-refractivity contribution in [2.24, 2.45) is 0 Å². The van der Waals surface area contributed by atoms with Crippen molar-refractivity contribution < 1.29 is 23.9 Å². The molecule has 2 aliphatic rings. The molecule has 196 valence electrons. The van der Waals surface area contributed by atoms with Gasteiger partial charge in [0.05, 0.1) is 0 Å². The summed E-state index contributed by atoms with van der Waals surface area (Å²) in [6.07, 6.45) is 4.53. The first-order chi connectivity index (χ1) is 17.7. The third-order valence-electron chi connectivity index (χ3n) is 7.93. The van der Waals surface area contributed by atoms with Crippen LogP contribution in [0.4, 0.5) is 0 Å². The van der Waals surface area contributed by atoms with Crippen molar-refractivity contribution in [2.75, 3.05) is 26.7 Å². The van der Waals surface area contributed by atoms with Gasteiger partial charge in [-0.05, 0) is 62.1 Å². The Morgan fingerprint density at radius 1 is 1.08 bits per heavy atom. The summed E-state index contributed by atoms with van der Waals surface area (Å²) in [5.41, 5.74) is 0.243. The van der Waals surface area contributed by atoms with Crippen molar-refractivity contribution in [2.45, 2.75) is 56.6 Å². The van der Waals surface area contributed by atoms with Crippen molar-refractivity contribution in [3.8, 4) is 5.75 Å². The van der Waals surface area contributed by atoms with E-state index in [1.165, 1.54) is 13.8 Å². The Morgan fingerprint density at radius 3 is 2.51 bits per heavy atom. The highest BCUT2D eigenvalue weighted by molar-refractivity contribution is 5.94. The van der Waals surface area contributed by atoms with Gasteiger partial charge in [-0.3, -0.25) is 19.3 Å². The molecule has 2 aromatic carbocycles. The van der Waals surface area contributed by atoms with Gasteiger partial charge in [0, 0.05) is 51.0 Å². The minimum Gasteiger partial charge on any atom is -0.457 e. The van der Waals surface area contributed by atoms with E-state index >= 15 is 0 Å². The lowest BCUT2D eigenvalue weighted by Crippen LogP contribution is -2.68. The number of hydrogen-bond acceptors (Lipinski definition) is 6. The molecule has 1 saturated carbocycles. The fraction of sp³-hybridized carbons (Fsp3) is 0.433. The SMILES string of the molecule is C=CCN1CC[C@@]2(c3cccc(OC(C)=O)c3)C[C@@H](N(C)C(=O)c3ccccc3)CC[C@]2(OC(C)=O)C1. The van der Waals surface area contributed by atoms with Crippen LogP contribution in [0.25, 0.3) is 0 Å². The monoisotopic (exact) mass is 504 g/mol. The average Bonchev–Trinajstić information content (AvgIpc) is 2.87. The number of fused-ring (bicyclic) bond motifs is 1. The van der Waals surface area contributed by atoms with E-state index in [0.29, 0.717) is 43.7 Å². The lowest BCUT2D eigenvalue weighted by Gasteiger charge is -2.60. The van der Waals surface area contributed by atoms with Crippen LogP contribution < -0.4 is 4.74 Å². The maximum absolute atomic E-state index is 13.4. The van der Waals surface area contributed by atoms with Crippen LogP contribution in [0.3, 0.4) is 0 Å². The van der Waals surface area contributed by atoms with Crippen LogP contribution >= 0.6 is 0 Å². The average molecular weight is 505 g/mol. The lowest BCUT2D eigenvalue weighted by molar-refractivity contribution is -0.188. The first-order valence-electron chi connectivity index (χ1n) is 12.8. The van der Waals surface area contributed by atoms with E-state index in [-0.39, 0.29) is 17.9 Å². The molecule has 4 rings (SSSR count). The Hall–Kier alpha value is -3.45. The zero-order valence-corrected chi connectivity index (χ0v) is 21.9. The molecule has 1 aliphatic heterocycles. The van der Waals surface area contributed by atoms with Gasteiger partial charge < -0.3 is 14.4 Å². The number of rotatable bonds is 7. The first-order valence-corrected chi connectivity index (χ1v) is 12.8. The summed E-state index contributed by atoms with van der Waals surface area (Å²) < 4.78 is 11.7. The van der Waals surface area contributed by atoms with Crippen molar-refractivity contribution in [1.82, 2.24) is 9.80 Å². The molecule has 0 spiro atoms. The number of nitrogens with zero attached hydrogens (tertiary/aromatic N) is 2. The summed E-state index contributed by atoms with van der Waals surface area (Å²) >= 11 is 0. The number of benzene rings is 2. The van der Waals surface area contributed by atoms with E-state index < -0.39 is 17.0 Å². The second-order valence-electron chi connectivity index (χ2n) is 10.2. The molecule has 7 heteroatoms. The van der Waals surface area contributed by atoms with Crippen molar-refractivity contribution >= 4 is 17.8 Å². The highest BCUT2D eigenvalue weighted by atomic mass is 16.6. The number of carbonyl (C=O) groups is 3. The Kier molecular flexibility index (Phi) is 7.83. The van der Waals surface area contributed by atoms with E-state index in [4.69, 9.17) is 9.47 Å². The second-order valence-corrected chi connectivity index (χ2v) is 10.2. The Labute approximate surface area is 219 Å². The molecule has 1 amide bonds. The molecule has 37 heavy (non-hydrogen) atoms. The van der Waals surface area contributed by atoms with Gasteiger partial charge in [-0.1, -0.05) is 36.4 Å². The van der Waals surface area contributed by atoms with E-state index in [9.17, 15) is 14.4 Å². The largest absolute Gasteiger partial charge is 0.457 e. The van der Waals surface area contributed by atoms with Gasteiger partial charge in [-0.15, -0.1) is 6.58 Å². The first kappa shape index (κ1) is 26.6. The molecule has 1 aliphatic carbocycles. The van der Waals surface area contributed by atoms with Gasteiger partial charge in [0.15, 0.2) is 0 Å². The molecular weight excluding hydrogens is 468 g/mol. The number of piperidine rings is 1. The van der Waals surface area contributed by atoms with E-state index in [2.05, 4.69) is 11.5 Å². The summed E-state index contributed by atoms with van der Waals surface area (Å²) in [6, 6.07) is 16.8. The quantitative estimate of drug-likeness (QED) is 0.317. The minimum atomic E-state index is -0.790. The summed E-state index contributed by atoms with van der Waals surface area (Å²) in [5.74, 6) is -0.288. The molecule has 0 unspecified atom stereocenters. The van der Waals surface area contributed by atoms with Gasteiger partial charge in [0.2, 0.25) is 0 Å². The predicted molar refractivity (Wildman–Crippen MR) is 141 cm³/mol. The molecule has 0 bridgehead atoms. The van der Waals surface area contributed by atoms with Gasteiger partial charge >= 0.3 is 11.9 Å². The van der Waals surface area contributed by atoms with Gasteiger partial charge in [0.25, 0.3) is 5.91 Å². The summed E-state index contributed by atoms with van der Waals surface area (Å²) in [6.45, 7) is 8.79. The van der Waals surface area contributed by atoms with Crippen LogP contribution in [0, 0.1) is 0 Å². The fourth-order valence-corrected chi connectivity index (χ4v) is 6.30. The third kappa shape index (κ3) is 5.32. The van der Waals surface area contributed by atoms with Gasteiger partial charge in [-0.2, -0.15) is 0 Å². The molecule has 0 aromatic heterocycles. The molecule has 2 fully saturated rings. The minimum absolute atomic E-state index is 0.0292. The summed E-state index contributed by atoms with van der Waals surface area (Å²) in [4.78, 5) is 41.7. The standard InChI is InChI=1S/C30H36N2O5/c1-5-17-32-18-16-29(25-12-9-13-27(19-25)36-22(2)33)20-26(14-15-30(29,21-32)37-23(3)34)31(4)28(35)24-10-7-6-8-11-24/h5-13,19,26H,1,14-18,20-21H2,2-4H3/t26-,29-,30-/m0/s1. The molecule has 2 aromatic rings. The number of amides is 1. The Balaban J connectivity index is 1.78. The van der Waals surface area contributed by atoms with Gasteiger partial charge in [-0.25, -0.2) is 0 Å². The number of likely N-dealkylation sites (tertiary alicyclic amines) is 1. The lowest BCUT2D eigenvalue weighted by atomic mass is 9.55. The molecule has 0 radical (unpaired) electrons. The van der Waals surface area contributed by atoms with E-state index in [1.54, 1.807) is 6.07 Å². The molecule has 7 nitrogen and oxygen atoms in total. The normalized spacial score (nSPS) is 25.4. The van der Waals surface area contributed by atoms with Gasteiger partial charge in [0.1, 0.15) is 11.4 Å². The van der Waals surface area contributed by atoms with E-state index in [1.807, 2.05) is 66.6 Å². The summed E-state index contributed by atoms with van der Waals surface area (Å²) in [5, 5.41) is 0. The third-order valence-corrected chi connectivity index (χ3v) is 7.93. The van der Waals surface area contributed by atoms with Crippen molar-refractivity contribution in [1.29, 1.82) is 0 Å². The molecule has 0 N–H and O–H groups in total. The highest BCUT2D eigenvalue weighted by Gasteiger charge is 2.61. The number of ether oxygens (including phenoxy) is 2. The van der Waals surface area contributed by atoms with Crippen LogP contribution in [0.15, 0.2) is 67.3 Å². The summed E-state index contributed by atoms with van der Waals surface area (Å²) in [7, 11) is 1.86. The van der Waals surface area contributed by atoms with Crippen LogP contribution in [0.1, 0.15) is 55.5 Å². The maximum atomic E-state index is 13.4. The fourth-order valence-electron chi connectivity index (χ4n) is 6.30. The van der Waals surface area contributed by atoms with Crippen molar-refractivity contribution in [3.05, 3.63) is 78.4 Å².